The summed E-state index contributed by atoms with van der Waals surface area (Å²) in [6.45, 7) is 2.69. The minimum Gasteiger partial charge on any atom is -0.355 e. The van der Waals surface area contributed by atoms with Crippen LogP contribution in [-0.2, 0) is 14.8 Å². The third kappa shape index (κ3) is 6.04. The van der Waals surface area contributed by atoms with Crippen molar-refractivity contribution in [1.82, 2.24) is 9.62 Å². The molecule has 0 aliphatic heterocycles. The van der Waals surface area contributed by atoms with Gasteiger partial charge in [0.2, 0.25) is 15.9 Å². The van der Waals surface area contributed by atoms with Crippen molar-refractivity contribution in [2.45, 2.75) is 19.8 Å². The van der Waals surface area contributed by atoms with E-state index in [9.17, 15) is 13.2 Å². The summed E-state index contributed by atoms with van der Waals surface area (Å²) in [5, 5.41) is 2.62. The molecule has 0 aromatic rings. The van der Waals surface area contributed by atoms with Crippen molar-refractivity contribution in [2.75, 3.05) is 32.4 Å². The number of carbonyl (C=O) groups is 1. The summed E-state index contributed by atoms with van der Waals surface area (Å²) < 4.78 is 24.2. The third-order valence-corrected chi connectivity index (χ3v) is 3.90. The van der Waals surface area contributed by atoms with Crippen LogP contribution < -0.4 is 11.1 Å². The summed E-state index contributed by atoms with van der Waals surface area (Å²) in [6.07, 6.45) is 1.23. The quantitative estimate of drug-likeness (QED) is 0.586. The fraction of sp³-hybridized carbons (Fsp3) is 0.889. The van der Waals surface area contributed by atoms with Crippen molar-refractivity contribution >= 4 is 15.9 Å². The smallest absolute Gasteiger partial charge is 0.235 e. The third-order valence-electron chi connectivity index (χ3n) is 2.02. The van der Waals surface area contributed by atoms with Gasteiger partial charge in [-0.3, -0.25) is 4.79 Å². The first-order valence-electron chi connectivity index (χ1n) is 5.34. The molecule has 0 unspecified atom stereocenters. The van der Waals surface area contributed by atoms with Crippen molar-refractivity contribution in [3.8, 4) is 0 Å². The van der Waals surface area contributed by atoms with E-state index in [1.165, 1.54) is 7.05 Å². The van der Waals surface area contributed by atoms with E-state index in [2.05, 4.69) is 5.32 Å². The lowest BCUT2D eigenvalue weighted by Crippen LogP contribution is -2.39. The first kappa shape index (κ1) is 15.3. The lowest BCUT2D eigenvalue weighted by atomic mass is 10.4. The molecule has 0 radical (unpaired) electrons. The van der Waals surface area contributed by atoms with Crippen LogP contribution in [-0.4, -0.2) is 51.1 Å². The summed E-state index contributed by atoms with van der Waals surface area (Å²) >= 11 is 0. The largest absolute Gasteiger partial charge is 0.355 e. The Morgan fingerprint density at radius 1 is 1.44 bits per heavy atom. The lowest BCUT2D eigenvalue weighted by molar-refractivity contribution is -0.121. The molecule has 0 saturated heterocycles. The van der Waals surface area contributed by atoms with Crippen LogP contribution in [0.5, 0.6) is 0 Å². The molecule has 0 spiro atoms. The fourth-order valence-corrected chi connectivity index (χ4v) is 2.20. The number of sulfonamides is 1. The van der Waals surface area contributed by atoms with Crippen LogP contribution in [0, 0.1) is 0 Å². The maximum Gasteiger partial charge on any atom is 0.235 e. The van der Waals surface area contributed by atoms with Crippen LogP contribution in [0.3, 0.4) is 0 Å². The van der Waals surface area contributed by atoms with Crippen LogP contribution in [0.25, 0.3) is 0 Å². The van der Waals surface area contributed by atoms with Gasteiger partial charge in [0.05, 0.1) is 12.3 Å². The molecule has 0 fully saturated rings. The number of rotatable bonds is 8. The number of likely N-dealkylation sites (N-methyl/N-ethyl adjacent to an activating group) is 1. The van der Waals surface area contributed by atoms with Gasteiger partial charge in [-0.25, -0.2) is 8.42 Å². The standard InChI is InChI=1S/C9H21N3O3S/c1-3-6-11-9(13)8-12(2)16(14,15)7-4-5-10/h3-8,10H2,1-2H3,(H,11,13). The lowest BCUT2D eigenvalue weighted by Gasteiger charge is -2.16. The zero-order valence-electron chi connectivity index (χ0n) is 9.90. The van der Waals surface area contributed by atoms with Gasteiger partial charge in [-0.05, 0) is 19.4 Å². The van der Waals surface area contributed by atoms with E-state index in [0.717, 1.165) is 10.7 Å². The van der Waals surface area contributed by atoms with Gasteiger partial charge in [0.15, 0.2) is 0 Å². The number of nitrogens with one attached hydrogen (secondary N) is 1. The van der Waals surface area contributed by atoms with E-state index in [1.807, 2.05) is 6.92 Å². The van der Waals surface area contributed by atoms with Gasteiger partial charge in [-0.2, -0.15) is 4.31 Å². The Balaban J connectivity index is 4.13. The number of carbonyl (C=O) groups excluding carboxylic acids is 1. The molecular weight excluding hydrogens is 230 g/mol. The average Bonchev–Trinajstić information content (AvgIpc) is 2.23. The first-order chi connectivity index (χ1) is 7.44. The minimum absolute atomic E-state index is 0.0128. The SMILES string of the molecule is CCCNC(=O)CN(C)S(=O)(=O)CCCN. The molecule has 1 amide bonds. The van der Waals surface area contributed by atoms with Crippen LogP contribution in [0.15, 0.2) is 0 Å². The van der Waals surface area contributed by atoms with E-state index < -0.39 is 10.0 Å². The van der Waals surface area contributed by atoms with Crippen molar-refractivity contribution in [3.05, 3.63) is 0 Å². The van der Waals surface area contributed by atoms with Crippen molar-refractivity contribution in [1.29, 1.82) is 0 Å². The minimum atomic E-state index is -3.35. The zero-order valence-corrected chi connectivity index (χ0v) is 10.7. The fourth-order valence-electron chi connectivity index (χ4n) is 1.04. The van der Waals surface area contributed by atoms with E-state index in [0.29, 0.717) is 19.5 Å². The van der Waals surface area contributed by atoms with Crippen molar-refractivity contribution in [2.24, 2.45) is 5.73 Å². The number of amides is 1. The summed E-state index contributed by atoms with van der Waals surface area (Å²) in [6, 6.07) is 0. The Hall–Kier alpha value is -0.660. The Bertz CT molecular complexity index is 303. The zero-order chi connectivity index (χ0) is 12.6. The van der Waals surface area contributed by atoms with Crippen LogP contribution in [0.1, 0.15) is 19.8 Å². The molecule has 0 bridgehead atoms. The van der Waals surface area contributed by atoms with Gasteiger partial charge in [-0.15, -0.1) is 0 Å². The topological polar surface area (TPSA) is 92.5 Å². The molecule has 0 atom stereocenters. The predicted molar refractivity (Wildman–Crippen MR) is 63.4 cm³/mol. The second-order valence-corrected chi connectivity index (χ2v) is 5.76. The summed E-state index contributed by atoms with van der Waals surface area (Å²) in [5.41, 5.74) is 5.24. The van der Waals surface area contributed by atoms with Crippen LogP contribution in [0.4, 0.5) is 0 Å². The molecule has 0 heterocycles. The van der Waals surface area contributed by atoms with Gasteiger partial charge in [0.25, 0.3) is 0 Å². The van der Waals surface area contributed by atoms with Gasteiger partial charge in [-0.1, -0.05) is 6.92 Å². The molecule has 6 nitrogen and oxygen atoms in total. The summed E-state index contributed by atoms with van der Waals surface area (Å²) in [5.74, 6) is -0.290. The van der Waals surface area contributed by atoms with E-state index in [-0.39, 0.29) is 18.2 Å². The van der Waals surface area contributed by atoms with E-state index >= 15 is 0 Å². The highest BCUT2D eigenvalue weighted by Crippen LogP contribution is 1.99. The highest BCUT2D eigenvalue weighted by Gasteiger charge is 2.19. The Morgan fingerprint density at radius 3 is 2.56 bits per heavy atom. The van der Waals surface area contributed by atoms with E-state index in [4.69, 9.17) is 5.73 Å². The predicted octanol–water partition coefficient (Wildman–Crippen LogP) is -0.877. The van der Waals surface area contributed by atoms with Crippen LogP contribution in [0.2, 0.25) is 0 Å². The van der Waals surface area contributed by atoms with Gasteiger partial charge in [0, 0.05) is 13.6 Å². The summed E-state index contributed by atoms with van der Waals surface area (Å²) in [4.78, 5) is 11.3. The number of hydrogen-bond acceptors (Lipinski definition) is 4. The molecule has 0 aliphatic rings. The number of hydrogen-bond donors (Lipinski definition) is 2. The monoisotopic (exact) mass is 251 g/mol. The highest BCUT2D eigenvalue weighted by molar-refractivity contribution is 7.89. The maximum absolute atomic E-state index is 11.6. The van der Waals surface area contributed by atoms with Gasteiger partial charge in [0.1, 0.15) is 0 Å². The molecule has 0 rings (SSSR count). The Morgan fingerprint density at radius 2 is 2.06 bits per heavy atom. The molecule has 0 aromatic heterocycles. The first-order valence-corrected chi connectivity index (χ1v) is 6.95. The van der Waals surface area contributed by atoms with Crippen LogP contribution >= 0.6 is 0 Å². The maximum atomic E-state index is 11.6. The molecule has 0 aliphatic carbocycles. The molecule has 16 heavy (non-hydrogen) atoms. The Labute approximate surface area is 97.2 Å². The number of nitrogens with two attached hydrogens (primary N) is 1. The molecule has 0 aromatic carbocycles. The molecule has 96 valence electrons. The summed E-state index contributed by atoms with van der Waals surface area (Å²) in [7, 11) is -1.95. The van der Waals surface area contributed by atoms with Gasteiger partial charge >= 0.3 is 0 Å². The highest BCUT2D eigenvalue weighted by atomic mass is 32.2. The van der Waals surface area contributed by atoms with E-state index in [1.54, 1.807) is 0 Å². The second kappa shape index (κ2) is 7.59. The van der Waals surface area contributed by atoms with Gasteiger partial charge < -0.3 is 11.1 Å². The molecule has 0 saturated carbocycles. The molecular formula is C9H21N3O3S. The second-order valence-electron chi connectivity index (χ2n) is 3.56. The molecule has 3 N–H and O–H groups in total. The normalized spacial score (nSPS) is 11.8. The molecule has 7 heteroatoms. The van der Waals surface area contributed by atoms with Crippen molar-refractivity contribution < 1.29 is 13.2 Å². The Kier molecular flexibility index (Phi) is 7.27. The number of nitrogens with zero attached hydrogens (tertiary/aromatic N) is 1. The van der Waals surface area contributed by atoms with Crippen molar-refractivity contribution in [3.63, 3.8) is 0 Å². The average molecular weight is 251 g/mol.